The van der Waals surface area contributed by atoms with E-state index in [1.54, 1.807) is 24.3 Å². The first kappa shape index (κ1) is 16.2. The molecule has 1 aliphatic heterocycles. The highest BCUT2D eigenvalue weighted by molar-refractivity contribution is 7.89. The Balaban J connectivity index is 1.78. The van der Waals surface area contributed by atoms with E-state index in [1.807, 2.05) is 23.1 Å². The van der Waals surface area contributed by atoms with Crippen LogP contribution in [0.2, 0.25) is 0 Å². The molecule has 7 nitrogen and oxygen atoms in total. The topological polar surface area (TPSA) is 103 Å². The fraction of sp³-hybridized carbons (Fsp3) is 0.250. The van der Waals surface area contributed by atoms with E-state index in [2.05, 4.69) is 9.88 Å². The number of rotatable bonds is 3. The van der Waals surface area contributed by atoms with E-state index in [4.69, 9.17) is 10.4 Å². The van der Waals surface area contributed by atoms with Crippen LogP contribution in [0, 0.1) is 11.3 Å². The number of benzene rings is 1. The van der Waals surface area contributed by atoms with E-state index < -0.39 is 10.0 Å². The summed E-state index contributed by atoms with van der Waals surface area (Å²) in [6.45, 7) is 2.65. The molecule has 1 saturated heterocycles. The van der Waals surface area contributed by atoms with Crippen molar-refractivity contribution in [3.63, 3.8) is 0 Å². The molecule has 2 heterocycles. The number of aromatic nitrogens is 1. The summed E-state index contributed by atoms with van der Waals surface area (Å²) in [6.07, 6.45) is 0. The van der Waals surface area contributed by atoms with Gasteiger partial charge in [-0.2, -0.15) is 5.26 Å². The van der Waals surface area contributed by atoms with E-state index in [0.717, 1.165) is 5.82 Å². The highest BCUT2D eigenvalue weighted by Crippen LogP contribution is 2.26. The molecule has 2 N–H and O–H groups in total. The van der Waals surface area contributed by atoms with Crippen molar-refractivity contribution in [1.82, 2.24) is 4.98 Å². The number of piperazine rings is 1. The van der Waals surface area contributed by atoms with Crippen molar-refractivity contribution in [2.75, 3.05) is 36.0 Å². The van der Waals surface area contributed by atoms with E-state index in [9.17, 15) is 8.42 Å². The Morgan fingerprint density at radius 3 is 2.33 bits per heavy atom. The Morgan fingerprint density at radius 1 is 1.00 bits per heavy atom. The number of para-hydroxylation sites is 1. The van der Waals surface area contributed by atoms with Crippen LogP contribution < -0.4 is 14.9 Å². The van der Waals surface area contributed by atoms with Crippen molar-refractivity contribution in [3.05, 3.63) is 48.2 Å². The second-order valence-corrected chi connectivity index (χ2v) is 7.01. The van der Waals surface area contributed by atoms with Crippen LogP contribution in [0.5, 0.6) is 0 Å². The van der Waals surface area contributed by atoms with Gasteiger partial charge < -0.3 is 9.80 Å². The number of nitrogens with zero attached hydrogens (tertiary/aromatic N) is 4. The summed E-state index contributed by atoms with van der Waals surface area (Å²) >= 11 is 0. The van der Waals surface area contributed by atoms with E-state index in [0.29, 0.717) is 37.6 Å². The van der Waals surface area contributed by atoms with Crippen molar-refractivity contribution in [2.45, 2.75) is 4.90 Å². The van der Waals surface area contributed by atoms with Crippen LogP contribution in [-0.2, 0) is 10.0 Å². The Morgan fingerprint density at radius 2 is 1.67 bits per heavy atom. The van der Waals surface area contributed by atoms with Gasteiger partial charge in [-0.3, -0.25) is 0 Å². The quantitative estimate of drug-likeness (QED) is 0.889. The molecule has 0 radical (unpaired) electrons. The van der Waals surface area contributed by atoms with Crippen LogP contribution in [-0.4, -0.2) is 39.6 Å². The third-order valence-electron chi connectivity index (χ3n) is 3.97. The molecular weight excluding hydrogens is 326 g/mol. The van der Waals surface area contributed by atoms with Crippen LogP contribution in [0.3, 0.4) is 0 Å². The lowest BCUT2D eigenvalue weighted by molar-refractivity contribution is 0.595. The maximum absolute atomic E-state index is 11.8. The zero-order valence-electron chi connectivity index (χ0n) is 13.0. The SMILES string of the molecule is N#Cc1cccc(N2CCN(c3ccccc3S(N)(=O)=O)CC2)n1. The lowest BCUT2D eigenvalue weighted by Gasteiger charge is -2.37. The molecule has 1 aromatic heterocycles. The monoisotopic (exact) mass is 343 g/mol. The van der Waals surface area contributed by atoms with Gasteiger partial charge in [-0.05, 0) is 24.3 Å². The van der Waals surface area contributed by atoms with Crippen molar-refractivity contribution < 1.29 is 8.42 Å². The molecule has 1 fully saturated rings. The summed E-state index contributed by atoms with van der Waals surface area (Å²) < 4.78 is 23.5. The molecule has 0 aliphatic carbocycles. The average Bonchev–Trinajstić information content (AvgIpc) is 2.61. The van der Waals surface area contributed by atoms with Crippen molar-refractivity contribution in [1.29, 1.82) is 5.26 Å². The number of primary sulfonamides is 1. The zero-order chi connectivity index (χ0) is 17.2. The van der Waals surface area contributed by atoms with E-state index in [1.165, 1.54) is 6.07 Å². The molecule has 0 unspecified atom stereocenters. The number of nitrogens with two attached hydrogens (primary N) is 1. The number of hydrogen-bond acceptors (Lipinski definition) is 6. The highest BCUT2D eigenvalue weighted by Gasteiger charge is 2.23. The number of sulfonamides is 1. The summed E-state index contributed by atoms with van der Waals surface area (Å²) in [7, 11) is -3.76. The second-order valence-electron chi connectivity index (χ2n) is 5.48. The van der Waals surface area contributed by atoms with Gasteiger partial charge in [-0.25, -0.2) is 18.5 Å². The molecule has 0 atom stereocenters. The van der Waals surface area contributed by atoms with Crippen molar-refractivity contribution in [3.8, 4) is 6.07 Å². The summed E-state index contributed by atoms with van der Waals surface area (Å²) in [5.74, 6) is 0.758. The first-order valence-electron chi connectivity index (χ1n) is 7.48. The van der Waals surface area contributed by atoms with Crippen molar-refractivity contribution in [2.24, 2.45) is 5.14 Å². The fourth-order valence-corrected chi connectivity index (χ4v) is 3.55. The molecular formula is C16H17N5O2S. The minimum atomic E-state index is -3.76. The minimum Gasteiger partial charge on any atom is -0.367 e. The zero-order valence-corrected chi connectivity index (χ0v) is 13.8. The van der Waals surface area contributed by atoms with Crippen LogP contribution in [0.4, 0.5) is 11.5 Å². The number of anilines is 2. The molecule has 8 heteroatoms. The van der Waals surface area contributed by atoms with E-state index >= 15 is 0 Å². The molecule has 1 aliphatic rings. The molecule has 1 aromatic carbocycles. The first-order chi connectivity index (χ1) is 11.5. The van der Waals surface area contributed by atoms with Crippen LogP contribution >= 0.6 is 0 Å². The van der Waals surface area contributed by atoms with Gasteiger partial charge in [0, 0.05) is 26.2 Å². The van der Waals surface area contributed by atoms with Gasteiger partial charge in [0.15, 0.2) is 0 Å². The van der Waals surface area contributed by atoms with Crippen LogP contribution in [0.15, 0.2) is 47.4 Å². The maximum atomic E-state index is 11.8. The summed E-state index contributed by atoms with van der Waals surface area (Å²) in [6, 6.07) is 14.1. The molecule has 3 rings (SSSR count). The Bertz CT molecular complexity index is 883. The third kappa shape index (κ3) is 3.32. The Kier molecular flexibility index (Phi) is 4.38. The predicted molar refractivity (Wildman–Crippen MR) is 91.2 cm³/mol. The van der Waals surface area contributed by atoms with Crippen molar-refractivity contribution >= 4 is 21.5 Å². The molecule has 0 bridgehead atoms. The van der Waals surface area contributed by atoms with Crippen LogP contribution in [0.1, 0.15) is 5.69 Å². The molecule has 0 saturated carbocycles. The number of hydrogen-bond donors (Lipinski definition) is 1. The van der Waals surface area contributed by atoms with Gasteiger partial charge in [-0.1, -0.05) is 18.2 Å². The maximum Gasteiger partial charge on any atom is 0.240 e. The van der Waals surface area contributed by atoms with Gasteiger partial charge >= 0.3 is 0 Å². The lowest BCUT2D eigenvalue weighted by atomic mass is 10.2. The highest BCUT2D eigenvalue weighted by atomic mass is 32.2. The first-order valence-corrected chi connectivity index (χ1v) is 9.02. The minimum absolute atomic E-state index is 0.142. The summed E-state index contributed by atoms with van der Waals surface area (Å²) in [4.78, 5) is 8.53. The normalized spacial score (nSPS) is 15.2. The molecule has 124 valence electrons. The van der Waals surface area contributed by atoms with Gasteiger partial charge in [-0.15, -0.1) is 0 Å². The molecule has 24 heavy (non-hydrogen) atoms. The summed E-state index contributed by atoms with van der Waals surface area (Å²) in [5.41, 5.74) is 1.01. The standard InChI is InChI=1S/C16H17N5O2S/c17-12-13-4-3-7-16(19-13)21-10-8-20(9-11-21)14-5-1-2-6-15(14)24(18,22)23/h1-7H,8-11H2,(H2,18,22,23). The van der Waals surface area contributed by atoms with E-state index in [-0.39, 0.29) is 4.90 Å². The largest absolute Gasteiger partial charge is 0.367 e. The molecule has 0 spiro atoms. The predicted octanol–water partition coefficient (Wildman–Crippen LogP) is 0.927. The summed E-state index contributed by atoms with van der Waals surface area (Å²) in [5, 5.41) is 14.3. The molecule has 2 aromatic rings. The van der Waals surface area contributed by atoms with Gasteiger partial charge in [0.25, 0.3) is 0 Å². The molecule has 0 amide bonds. The Hall–Kier alpha value is -2.63. The van der Waals surface area contributed by atoms with Gasteiger partial charge in [0.2, 0.25) is 10.0 Å². The second kappa shape index (κ2) is 6.47. The lowest BCUT2D eigenvalue weighted by Crippen LogP contribution is -2.47. The van der Waals surface area contributed by atoms with Crippen LogP contribution in [0.25, 0.3) is 0 Å². The third-order valence-corrected chi connectivity index (χ3v) is 4.92. The van der Waals surface area contributed by atoms with Gasteiger partial charge in [0.1, 0.15) is 22.5 Å². The number of pyridine rings is 1. The Labute approximate surface area is 141 Å². The smallest absolute Gasteiger partial charge is 0.240 e. The van der Waals surface area contributed by atoms with Gasteiger partial charge in [0.05, 0.1) is 5.69 Å². The number of nitriles is 1. The average molecular weight is 343 g/mol. The fourth-order valence-electron chi connectivity index (χ4n) is 2.80.